The third-order valence-corrected chi connectivity index (χ3v) is 10.3. The van der Waals surface area contributed by atoms with Crippen LogP contribution in [0.2, 0.25) is 0 Å². The van der Waals surface area contributed by atoms with E-state index in [1.807, 2.05) is 70.5 Å². The largest absolute Gasteiger partial charge is 0.444 e. The van der Waals surface area contributed by atoms with Gasteiger partial charge in [-0.05, 0) is 82.6 Å². The van der Waals surface area contributed by atoms with Crippen LogP contribution in [-0.4, -0.2) is 101 Å². The highest BCUT2D eigenvalue weighted by Crippen LogP contribution is 2.19. The minimum absolute atomic E-state index is 0.0137. The van der Waals surface area contributed by atoms with Crippen molar-refractivity contribution in [1.29, 1.82) is 0 Å². The molecule has 2 aliphatic heterocycles. The van der Waals surface area contributed by atoms with Gasteiger partial charge in [0.05, 0.1) is 11.4 Å². The normalized spacial score (nSPS) is 19.9. The van der Waals surface area contributed by atoms with Gasteiger partial charge in [0.1, 0.15) is 11.6 Å². The molecule has 5 N–H and O–H groups in total. The number of hydrogen-bond acceptors (Lipinski definition) is 7. The van der Waals surface area contributed by atoms with Gasteiger partial charge in [0, 0.05) is 50.3 Å². The number of amides is 3. The number of rotatable bonds is 11. The summed E-state index contributed by atoms with van der Waals surface area (Å²) in [6, 6.07) is 40.7. The first-order valence-corrected chi connectivity index (χ1v) is 21.9. The Morgan fingerprint density at radius 2 is 0.983 bits per heavy atom. The van der Waals surface area contributed by atoms with Gasteiger partial charge in [-0.1, -0.05) is 121 Å². The average Bonchev–Trinajstić information content (AvgIpc) is 3.23. The molecule has 0 aromatic heterocycles. The van der Waals surface area contributed by atoms with Crippen LogP contribution in [-0.2, 0) is 40.0 Å². The Bertz CT molecular complexity index is 1850. The number of alkyl halides is 2. The molecule has 60 heavy (non-hydrogen) atoms. The molecule has 2 aliphatic rings. The standard InChI is InChI=1S/C26H35N3O3.C21H27N3O.CH2Cl2/c1-19(28-25(31)32-26(2,3)4)24(30)29-18-22(15-20-11-7-5-8-12-20)27-17-23(29)16-21-13-9-6-10-14-21;1-16(22)21(25)24-15-19(12-17-8-4-2-5-9-17)23-14-20(24)13-18-10-6-3-7-11-18;2-1-3/h5-14,19,22-23,27H,15-18H2,1-4H3,(H,28,31);2-11,16,19-20,23H,12-15,22H2,1H3;1H2/t19?,22-,23+;16?,19-,20+;/m11./s1. The number of alkyl carbamates (subject to hydrolysis) is 1. The number of nitrogens with two attached hydrogens (primary N) is 1. The van der Waals surface area contributed by atoms with E-state index >= 15 is 0 Å². The molecular formula is C48H64Cl2N6O4. The Morgan fingerprint density at radius 1 is 0.650 bits per heavy atom. The lowest BCUT2D eigenvalue weighted by Gasteiger charge is -2.42. The molecule has 2 unspecified atom stereocenters. The lowest BCUT2D eigenvalue weighted by Crippen LogP contribution is -2.62. The van der Waals surface area contributed by atoms with E-state index in [0.29, 0.717) is 19.6 Å². The summed E-state index contributed by atoms with van der Waals surface area (Å²) in [6.07, 6.45) is 2.80. The van der Waals surface area contributed by atoms with Crippen molar-refractivity contribution in [3.05, 3.63) is 144 Å². The van der Waals surface area contributed by atoms with E-state index in [2.05, 4.69) is 76.6 Å². The van der Waals surface area contributed by atoms with Crippen LogP contribution in [0.15, 0.2) is 121 Å². The molecule has 12 heteroatoms. The van der Waals surface area contributed by atoms with Crippen molar-refractivity contribution in [2.45, 2.75) is 102 Å². The summed E-state index contributed by atoms with van der Waals surface area (Å²) in [7, 11) is 0. The molecule has 0 spiro atoms. The summed E-state index contributed by atoms with van der Waals surface area (Å²) < 4.78 is 5.34. The monoisotopic (exact) mass is 858 g/mol. The molecule has 6 atom stereocenters. The quantitative estimate of drug-likeness (QED) is 0.120. The summed E-state index contributed by atoms with van der Waals surface area (Å²) in [4.78, 5) is 42.2. The topological polar surface area (TPSA) is 129 Å². The fourth-order valence-electron chi connectivity index (χ4n) is 7.53. The summed E-state index contributed by atoms with van der Waals surface area (Å²) in [5, 5.41) is 10.2. The van der Waals surface area contributed by atoms with Crippen molar-refractivity contribution in [3.8, 4) is 0 Å². The number of benzene rings is 4. The predicted octanol–water partition coefficient (Wildman–Crippen LogP) is 6.96. The number of carbonyl (C=O) groups is 3. The smallest absolute Gasteiger partial charge is 0.408 e. The second-order valence-corrected chi connectivity index (χ2v) is 17.3. The zero-order valence-corrected chi connectivity index (χ0v) is 37.2. The Hall–Kier alpha value is -4.45. The van der Waals surface area contributed by atoms with Crippen LogP contribution in [0.1, 0.15) is 56.9 Å². The summed E-state index contributed by atoms with van der Waals surface area (Å²) >= 11 is 9.53. The van der Waals surface area contributed by atoms with Crippen molar-refractivity contribution in [2.75, 3.05) is 31.5 Å². The van der Waals surface area contributed by atoms with E-state index < -0.39 is 23.8 Å². The number of carbonyl (C=O) groups excluding carboxylic acids is 3. The van der Waals surface area contributed by atoms with Gasteiger partial charge in [-0.15, -0.1) is 23.2 Å². The molecule has 0 aliphatic carbocycles. The molecule has 2 heterocycles. The average molecular weight is 860 g/mol. The molecule has 4 aromatic carbocycles. The third-order valence-electron chi connectivity index (χ3n) is 10.3. The fourth-order valence-corrected chi connectivity index (χ4v) is 7.53. The van der Waals surface area contributed by atoms with E-state index in [4.69, 9.17) is 33.7 Å². The Morgan fingerprint density at radius 3 is 1.32 bits per heavy atom. The maximum atomic E-state index is 13.4. The van der Waals surface area contributed by atoms with Crippen molar-refractivity contribution < 1.29 is 19.1 Å². The van der Waals surface area contributed by atoms with E-state index in [-0.39, 0.29) is 41.3 Å². The molecule has 324 valence electrons. The minimum Gasteiger partial charge on any atom is -0.444 e. The van der Waals surface area contributed by atoms with Crippen molar-refractivity contribution >= 4 is 41.1 Å². The number of ether oxygens (including phenoxy) is 1. The van der Waals surface area contributed by atoms with Crippen molar-refractivity contribution in [3.63, 3.8) is 0 Å². The van der Waals surface area contributed by atoms with Crippen molar-refractivity contribution in [1.82, 2.24) is 25.8 Å². The molecule has 4 aromatic rings. The second-order valence-electron chi connectivity index (χ2n) is 16.5. The van der Waals surface area contributed by atoms with Gasteiger partial charge >= 0.3 is 6.09 Å². The van der Waals surface area contributed by atoms with Crippen LogP contribution < -0.4 is 21.7 Å². The van der Waals surface area contributed by atoms with Gasteiger partial charge in [-0.3, -0.25) is 9.59 Å². The first-order chi connectivity index (χ1) is 28.8. The van der Waals surface area contributed by atoms with E-state index in [1.54, 1.807) is 34.6 Å². The van der Waals surface area contributed by atoms with Crippen molar-refractivity contribution in [2.24, 2.45) is 5.73 Å². The number of hydrogen-bond donors (Lipinski definition) is 4. The van der Waals surface area contributed by atoms with Crippen LogP contribution in [0.4, 0.5) is 4.79 Å². The summed E-state index contributed by atoms with van der Waals surface area (Å²) in [5.74, 6) is -0.0446. The molecule has 2 saturated heterocycles. The second kappa shape index (κ2) is 24.7. The first-order valence-electron chi connectivity index (χ1n) is 20.9. The van der Waals surface area contributed by atoms with Gasteiger partial charge in [0.15, 0.2) is 0 Å². The highest BCUT2D eigenvalue weighted by Gasteiger charge is 2.35. The third kappa shape index (κ3) is 16.5. The molecule has 0 saturated carbocycles. The maximum absolute atomic E-state index is 13.4. The molecule has 6 rings (SSSR count). The Labute approximate surface area is 367 Å². The predicted molar refractivity (Wildman–Crippen MR) is 244 cm³/mol. The van der Waals surface area contributed by atoms with Crippen LogP contribution in [0, 0.1) is 0 Å². The molecule has 0 bridgehead atoms. The Balaban J connectivity index is 0.000000255. The Kier molecular flexibility index (Phi) is 19.9. The van der Waals surface area contributed by atoms with Crippen LogP contribution in [0.25, 0.3) is 0 Å². The molecule has 2 fully saturated rings. The molecular weight excluding hydrogens is 795 g/mol. The molecule has 3 amide bonds. The van der Waals surface area contributed by atoms with E-state index in [9.17, 15) is 14.4 Å². The SMILES string of the molecule is CC(N)C(=O)N1C[C@@H](Cc2ccccc2)NC[C@@H]1Cc1ccccc1.CC(NC(=O)OC(C)(C)C)C(=O)N1C[C@@H](Cc2ccccc2)NC[C@@H]1Cc1ccccc1.ClCCl. The summed E-state index contributed by atoms with van der Waals surface area (Å²) in [6.45, 7) is 11.7. The van der Waals surface area contributed by atoms with Gasteiger partial charge in [0.25, 0.3) is 0 Å². The van der Waals surface area contributed by atoms with Crippen LogP contribution in [0.5, 0.6) is 0 Å². The van der Waals surface area contributed by atoms with Gasteiger partial charge in [-0.2, -0.15) is 0 Å². The first kappa shape index (κ1) is 48.2. The molecule has 0 radical (unpaired) electrons. The van der Waals surface area contributed by atoms with E-state index in [0.717, 1.165) is 32.2 Å². The number of piperazine rings is 2. The number of nitrogens with zero attached hydrogens (tertiary/aromatic N) is 2. The van der Waals surface area contributed by atoms with Crippen LogP contribution >= 0.6 is 23.2 Å². The summed E-state index contributed by atoms with van der Waals surface area (Å²) in [5.41, 5.74) is 10.3. The highest BCUT2D eigenvalue weighted by molar-refractivity contribution is 6.40. The van der Waals surface area contributed by atoms with E-state index in [1.165, 1.54) is 22.3 Å². The highest BCUT2D eigenvalue weighted by atomic mass is 35.5. The number of nitrogens with one attached hydrogen (secondary N) is 3. The van der Waals surface area contributed by atoms with Gasteiger partial charge in [0.2, 0.25) is 11.8 Å². The maximum Gasteiger partial charge on any atom is 0.408 e. The zero-order chi connectivity index (χ0) is 43.5. The van der Waals surface area contributed by atoms with Crippen LogP contribution in [0.3, 0.4) is 0 Å². The van der Waals surface area contributed by atoms with Gasteiger partial charge in [-0.25, -0.2) is 4.79 Å². The molecule has 10 nitrogen and oxygen atoms in total. The lowest BCUT2D eigenvalue weighted by molar-refractivity contribution is -0.137. The lowest BCUT2D eigenvalue weighted by atomic mass is 9.97. The van der Waals surface area contributed by atoms with Gasteiger partial charge < -0.3 is 36.2 Å². The fraction of sp³-hybridized carbons (Fsp3) is 0.438. The zero-order valence-electron chi connectivity index (χ0n) is 35.7. The minimum atomic E-state index is -0.668. The number of halogens is 2.